The summed E-state index contributed by atoms with van der Waals surface area (Å²) >= 11 is 0. The van der Waals surface area contributed by atoms with E-state index >= 15 is 0 Å². The molecule has 80 valence electrons. The van der Waals surface area contributed by atoms with Crippen molar-refractivity contribution < 1.29 is 0 Å². The molecule has 0 saturated carbocycles. The molecule has 0 fully saturated rings. The Morgan fingerprint density at radius 1 is 0.529 bits per heavy atom. The Morgan fingerprint density at radius 2 is 0.882 bits per heavy atom. The van der Waals surface area contributed by atoms with Crippen molar-refractivity contribution in [1.82, 2.24) is 0 Å². The first kappa shape index (κ1) is 16.6. The van der Waals surface area contributed by atoms with Crippen molar-refractivity contribution in [1.29, 1.82) is 0 Å². The topological polar surface area (TPSA) is 0 Å². The largest absolute Gasteiger partial charge is 0.0622 e. The van der Waals surface area contributed by atoms with Gasteiger partial charge in [-0.05, 0) is 30.4 Å². The molecule has 2 aromatic rings. The zero-order valence-electron chi connectivity index (χ0n) is 8.89. The van der Waals surface area contributed by atoms with Gasteiger partial charge in [0.15, 0.2) is 0 Å². The van der Waals surface area contributed by atoms with Crippen LogP contribution in [-0.4, -0.2) is 37.7 Å². The fourth-order valence-corrected chi connectivity index (χ4v) is 1.79. The third-order valence-electron chi connectivity index (χ3n) is 2.62. The molecule has 0 aromatic heterocycles. The van der Waals surface area contributed by atoms with E-state index in [-0.39, 0.29) is 37.7 Å². The first-order valence-corrected chi connectivity index (χ1v) is 5.53. The number of hydrogen-bond donors (Lipinski definition) is 0. The molecule has 0 atom stereocenters. The van der Waals surface area contributed by atoms with E-state index in [9.17, 15) is 0 Å². The summed E-state index contributed by atoms with van der Waals surface area (Å²) in [5, 5.41) is 0. The average Bonchev–Trinajstić information content (AvgIpc) is 2.32. The van der Waals surface area contributed by atoms with Crippen LogP contribution in [0.25, 0.3) is 0 Å². The van der Waals surface area contributed by atoms with Crippen LogP contribution in [0, 0.1) is 0 Å². The Labute approximate surface area is 128 Å². The van der Waals surface area contributed by atoms with Crippen molar-refractivity contribution in [3.63, 3.8) is 0 Å². The first-order chi connectivity index (χ1) is 7.45. The van der Waals surface area contributed by atoms with Gasteiger partial charge in [0.1, 0.15) is 0 Å². The van der Waals surface area contributed by atoms with Gasteiger partial charge >= 0.3 is 37.7 Å². The van der Waals surface area contributed by atoms with Crippen LogP contribution in [0.4, 0.5) is 0 Å². The summed E-state index contributed by atoms with van der Waals surface area (Å²) in [6, 6.07) is 21.4. The van der Waals surface area contributed by atoms with Gasteiger partial charge in [-0.25, -0.2) is 0 Å². The van der Waals surface area contributed by atoms with E-state index in [0.717, 1.165) is 0 Å². The molecule has 0 aliphatic rings. The smallest absolute Gasteiger partial charge is 0.0276 e. The van der Waals surface area contributed by atoms with Gasteiger partial charge in [0.2, 0.25) is 0 Å². The molecule has 0 amide bonds. The maximum Gasteiger partial charge on any atom is -0.0276 e. The zero-order valence-corrected chi connectivity index (χ0v) is 8.89. The number of hydrogen-bond acceptors (Lipinski definition) is 0. The number of rotatable bonds is 4. The van der Waals surface area contributed by atoms with Gasteiger partial charge in [-0.1, -0.05) is 60.7 Å². The predicted molar refractivity (Wildman–Crippen MR) is 79.2 cm³/mol. The third-order valence-corrected chi connectivity index (χ3v) is 2.62. The zero-order chi connectivity index (χ0) is 10.3. The molecule has 0 aliphatic heterocycles. The standard InChI is InChI=1S/C15H16.2Li.2H/c1-3-8-14(9-4-1)12-7-13-15-10-5-2-6-11-15;;;;/h1-6,8-11H,7,12-13H2;;;;. The molecule has 0 bridgehead atoms. The van der Waals surface area contributed by atoms with Crippen molar-refractivity contribution in [2.24, 2.45) is 0 Å². The Morgan fingerprint density at radius 3 is 1.24 bits per heavy atom. The molecule has 17 heavy (non-hydrogen) atoms. The summed E-state index contributed by atoms with van der Waals surface area (Å²) in [7, 11) is 0. The fourth-order valence-electron chi connectivity index (χ4n) is 1.79. The van der Waals surface area contributed by atoms with Crippen LogP contribution in [0.1, 0.15) is 17.5 Å². The Kier molecular flexibility index (Phi) is 9.44. The monoisotopic (exact) mass is 212 g/mol. The van der Waals surface area contributed by atoms with E-state index in [1.165, 1.54) is 30.4 Å². The van der Waals surface area contributed by atoms with Crippen LogP contribution in [0.3, 0.4) is 0 Å². The van der Waals surface area contributed by atoms with E-state index in [0.29, 0.717) is 0 Å². The molecule has 2 aromatic carbocycles. The fraction of sp³-hybridized carbons (Fsp3) is 0.200. The van der Waals surface area contributed by atoms with Crippen molar-refractivity contribution in [2.75, 3.05) is 0 Å². The second kappa shape index (κ2) is 9.64. The molecule has 0 unspecified atom stereocenters. The van der Waals surface area contributed by atoms with Crippen LogP contribution < -0.4 is 0 Å². The summed E-state index contributed by atoms with van der Waals surface area (Å²) in [4.78, 5) is 0. The number of aryl methyl sites for hydroxylation is 2. The summed E-state index contributed by atoms with van der Waals surface area (Å²) in [5.74, 6) is 0. The van der Waals surface area contributed by atoms with E-state index in [1.54, 1.807) is 0 Å². The van der Waals surface area contributed by atoms with E-state index in [2.05, 4.69) is 60.7 Å². The minimum Gasteiger partial charge on any atom is -0.0622 e. The van der Waals surface area contributed by atoms with Crippen molar-refractivity contribution in [2.45, 2.75) is 19.3 Å². The first-order valence-electron chi connectivity index (χ1n) is 5.53. The molecule has 0 saturated heterocycles. The summed E-state index contributed by atoms with van der Waals surface area (Å²) < 4.78 is 0. The predicted octanol–water partition coefficient (Wildman–Crippen LogP) is 2.56. The van der Waals surface area contributed by atoms with Crippen LogP contribution >= 0.6 is 0 Å². The Balaban J connectivity index is 0.00000128. The summed E-state index contributed by atoms with van der Waals surface area (Å²) in [6.07, 6.45) is 3.58. The quantitative estimate of drug-likeness (QED) is 0.683. The SMILES string of the molecule is [LiH].[LiH].c1ccc(CCCc2ccccc2)cc1. The Bertz CT molecular complexity index is 345. The van der Waals surface area contributed by atoms with E-state index in [4.69, 9.17) is 0 Å². The third kappa shape index (κ3) is 6.21. The minimum atomic E-state index is 0. The maximum absolute atomic E-state index is 2.20. The maximum atomic E-state index is 2.20. The molecule has 0 nitrogen and oxygen atoms in total. The molecular weight excluding hydrogens is 194 g/mol. The molecule has 0 spiro atoms. The molecule has 0 radical (unpaired) electrons. The minimum absolute atomic E-state index is 0. The second-order valence-corrected chi connectivity index (χ2v) is 3.82. The molecule has 0 N–H and O–H groups in total. The summed E-state index contributed by atoms with van der Waals surface area (Å²) in [5.41, 5.74) is 2.88. The van der Waals surface area contributed by atoms with Gasteiger partial charge in [0.05, 0.1) is 0 Å². The summed E-state index contributed by atoms with van der Waals surface area (Å²) in [6.45, 7) is 0. The molecule has 0 aliphatic carbocycles. The average molecular weight is 212 g/mol. The van der Waals surface area contributed by atoms with Crippen LogP contribution in [0.15, 0.2) is 60.7 Å². The van der Waals surface area contributed by atoms with Gasteiger partial charge in [-0.2, -0.15) is 0 Å². The van der Waals surface area contributed by atoms with Crippen molar-refractivity contribution in [3.05, 3.63) is 71.8 Å². The van der Waals surface area contributed by atoms with Crippen LogP contribution in [-0.2, 0) is 12.8 Å². The molecule has 2 rings (SSSR count). The molecule has 2 heteroatoms. The van der Waals surface area contributed by atoms with Crippen molar-refractivity contribution >= 4 is 37.7 Å². The second-order valence-electron chi connectivity index (χ2n) is 3.82. The molecular formula is C15H18Li2. The molecule has 0 heterocycles. The van der Waals surface area contributed by atoms with Crippen LogP contribution in [0.2, 0.25) is 0 Å². The normalized spacial score (nSPS) is 8.94. The Hall–Kier alpha value is -0.365. The van der Waals surface area contributed by atoms with Crippen molar-refractivity contribution in [3.8, 4) is 0 Å². The number of benzene rings is 2. The van der Waals surface area contributed by atoms with Gasteiger partial charge < -0.3 is 0 Å². The van der Waals surface area contributed by atoms with Gasteiger partial charge in [-0.15, -0.1) is 0 Å². The van der Waals surface area contributed by atoms with Gasteiger partial charge in [0, 0.05) is 0 Å². The van der Waals surface area contributed by atoms with E-state index in [1.807, 2.05) is 0 Å². The van der Waals surface area contributed by atoms with Gasteiger partial charge in [-0.3, -0.25) is 0 Å². The van der Waals surface area contributed by atoms with E-state index < -0.39 is 0 Å². The van der Waals surface area contributed by atoms with Gasteiger partial charge in [0.25, 0.3) is 0 Å². The van der Waals surface area contributed by atoms with Crippen LogP contribution in [0.5, 0.6) is 0 Å².